The Labute approximate surface area is 144 Å². The predicted molar refractivity (Wildman–Crippen MR) is 99.2 cm³/mol. The van der Waals surface area contributed by atoms with Crippen molar-refractivity contribution in [3.63, 3.8) is 0 Å². The van der Waals surface area contributed by atoms with Crippen LogP contribution in [0.1, 0.15) is 6.92 Å². The molecule has 3 aromatic rings. The van der Waals surface area contributed by atoms with Gasteiger partial charge in [-0.1, -0.05) is 31.2 Å². The number of rotatable bonds is 4. The number of hydrogen-bond donors (Lipinski definition) is 2. The number of anilines is 1. The van der Waals surface area contributed by atoms with E-state index in [9.17, 15) is 4.79 Å². The fourth-order valence-corrected chi connectivity index (χ4v) is 3.90. The standard InChI is InChI=1S/C19H19N3OS/c1-12(13-10-20-11-13)18(23)21-15-7-3-2-6-14(15)19-22-16-8-4-5-9-17(16)24-19/h2-9,12-13,20H,10-11H2,1H3,(H,21,23). The number of nitrogens with one attached hydrogen (secondary N) is 2. The molecule has 122 valence electrons. The maximum Gasteiger partial charge on any atom is 0.227 e. The fourth-order valence-electron chi connectivity index (χ4n) is 2.89. The van der Waals surface area contributed by atoms with Crippen molar-refractivity contribution >= 4 is 33.1 Å². The number of hydrogen-bond acceptors (Lipinski definition) is 4. The van der Waals surface area contributed by atoms with Crippen LogP contribution in [0.4, 0.5) is 5.69 Å². The van der Waals surface area contributed by atoms with Gasteiger partial charge >= 0.3 is 0 Å². The van der Waals surface area contributed by atoms with Gasteiger partial charge in [0.15, 0.2) is 0 Å². The van der Waals surface area contributed by atoms with Crippen molar-refractivity contribution in [3.8, 4) is 10.6 Å². The summed E-state index contributed by atoms with van der Waals surface area (Å²) in [7, 11) is 0. The van der Waals surface area contributed by atoms with Gasteiger partial charge in [0.1, 0.15) is 5.01 Å². The Morgan fingerprint density at radius 2 is 1.96 bits per heavy atom. The Morgan fingerprint density at radius 1 is 1.21 bits per heavy atom. The lowest BCUT2D eigenvalue weighted by atomic mass is 9.88. The quantitative estimate of drug-likeness (QED) is 0.762. The average molecular weight is 337 g/mol. The molecular formula is C19H19N3OS. The number of fused-ring (bicyclic) bond motifs is 1. The molecule has 1 aliphatic heterocycles. The van der Waals surface area contributed by atoms with Crippen molar-refractivity contribution in [3.05, 3.63) is 48.5 Å². The first kappa shape index (κ1) is 15.3. The van der Waals surface area contributed by atoms with Crippen LogP contribution >= 0.6 is 11.3 Å². The molecule has 4 nitrogen and oxygen atoms in total. The van der Waals surface area contributed by atoms with E-state index in [-0.39, 0.29) is 11.8 Å². The van der Waals surface area contributed by atoms with Gasteiger partial charge in [0.2, 0.25) is 5.91 Å². The molecular weight excluding hydrogens is 318 g/mol. The molecule has 1 unspecified atom stereocenters. The molecule has 4 rings (SSSR count). The van der Waals surface area contributed by atoms with Crippen LogP contribution in [0.15, 0.2) is 48.5 Å². The second-order valence-electron chi connectivity index (χ2n) is 6.23. The molecule has 1 aliphatic rings. The summed E-state index contributed by atoms with van der Waals surface area (Å²) in [6, 6.07) is 16.0. The summed E-state index contributed by atoms with van der Waals surface area (Å²) in [5.41, 5.74) is 2.80. The molecule has 1 aromatic heterocycles. The lowest BCUT2D eigenvalue weighted by molar-refractivity contribution is -0.121. The Hall–Kier alpha value is -2.24. The molecule has 0 aliphatic carbocycles. The van der Waals surface area contributed by atoms with Gasteiger partial charge in [0.25, 0.3) is 0 Å². The monoisotopic (exact) mass is 337 g/mol. The van der Waals surface area contributed by atoms with Crippen LogP contribution in [0.5, 0.6) is 0 Å². The zero-order valence-corrected chi connectivity index (χ0v) is 14.3. The maximum absolute atomic E-state index is 12.5. The minimum absolute atomic E-state index is 0.00896. The molecule has 0 spiro atoms. The van der Waals surface area contributed by atoms with Crippen molar-refractivity contribution in [2.24, 2.45) is 11.8 Å². The summed E-state index contributed by atoms with van der Waals surface area (Å²) < 4.78 is 1.16. The summed E-state index contributed by atoms with van der Waals surface area (Å²) in [6.45, 7) is 3.85. The molecule has 0 saturated carbocycles. The molecule has 1 fully saturated rings. The largest absolute Gasteiger partial charge is 0.325 e. The number of thiazole rings is 1. The van der Waals surface area contributed by atoms with Gasteiger partial charge in [-0.3, -0.25) is 4.79 Å². The summed E-state index contributed by atoms with van der Waals surface area (Å²) in [6.07, 6.45) is 0. The van der Waals surface area contributed by atoms with Gasteiger partial charge < -0.3 is 10.6 Å². The first-order valence-corrected chi connectivity index (χ1v) is 9.00. The topological polar surface area (TPSA) is 54.0 Å². The van der Waals surface area contributed by atoms with Gasteiger partial charge in [-0.2, -0.15) is 0 Å². The fraction of sp³-hybridized carbons (Fsp3) is 0.263. The van der Waals surface area contributed by atoms with E-state index in [0.717, 1.165) is 39.6 Å². The van der Waals surface area contributed by atoms with Crippen LogP contribution in [0.2, 0.25) is 0 Å². The van der Waals surface area contributed by atoms with Crippen LogP contribution in [-0.2, 0) is 4.79 Å². The van der Waals surface area contributed by atoms with Crippen LogP contribution < -0.4 is 10.6 Å². The molecule has 5 heteroatoms. The maximum atomic E-state index is 12.5. The Morgan fingerprint density at radius 3 is 2.71 bits per heavy atom. The first-order chi connectivity index (χ1) is 11.7. The summed E-state index contributed by atoms with van der Waals surface area (Å²) >= 11 is 1.65. The van der Waals surface area contributed by atoms with E-state index >= 15 is 0 Å². The normalized spacial score (nSPS) is 15.9. The minimum Gasteiger partial charge on any atom is -0.325 e. The smallest absolute Gasteiger partial charge is 0.227 e. The summed E-state index contributed by atoms with van der Waals surface area (Å²) in [5, 5.41) is 7.26. The molecule has 0 radical (unpaired) electrons. The number of amides is 1. The second kappa shape index (κ2) is 6.34. The molecule has 1 amide bonds. The van der Waals surface area contributed by atoms with Gasteiger partial charge in [0, 0.05) is 11.5 Å². The van der Waals surface area contributed by atoms with Gasteiger partial charge in [-0.25, -0.2) is 4.98 Å². The van der Waals surface area contributed by atoms with E-state index in [1.807, 2.05) is 49.4 Å². The number of nitrogens with zero attached hydrogens (tertiary/aromatic N) is 1. The highest BCUT2D eigenvalue weighted by Gasteiger charge is 2.29. The van der Waals surface area contributed by atoms with Crippen LogP contribution in [-0.4, -0.2) is 24.0 Å². The summed E-state index contributed by atoms with van der Waals surface area (Å²) in [5.74, 6) is 0.518. The molecule has 1 saturated heterocycles. The predicted octanol–water partition coefficient (Wildman–Crippen LogP) is 3.76. The van der Waals surface area contributed by atoms with E-state index in [0.29, 0.717) is 5.92 Å². The number of aromatic nitrogens is 1. The lowest BCUT2D eigenvalue weighted by Gasteiger charge is -2.31. The second-order valence-corrected chi connectivity index (χ2v) is 7.26. The SMILES string of the molecule is CC(C(=O)Nc1ccccc1-c1nc2ccccc2s1)C1CNC1. The van der Waals surface area contributed by atoms with E-state index in [1.165, 1.54) is 0 Å². The Kier molecular flexibility index (Phi) is 4.04. The highest BCUT2D eigenvalue weighted by Crippen LogP contribution is 2.34. The molecule has 24 heavy (non-hydrogen) atoms. The van der Waals surface area contributed by atoms with Crippen molar-refractivity contribution in [2.75, 3.05) is 18.4 Å². The average Bonchev–Trinajstić information content (AvgIpc) is 2.97. The van der Waals surface area contributed by atoms with Gasteiger partial charge in [0.05, 0.1) is 15.9 Å². The van der Waals surface area contributed by atoms with Gasteiger partial charge in [-0.05, 0) is 43.3 Å². The molecule has 2 aromatic carbocycles. The highest BCUT2D eigenvalue weighted by molar-refractivity contribution is 7.21. The lowest BCUT2D eigenvalue weighted by Crippen LogP contribution is -2.48. The van der Waals surface area contributed by atoms with E-state index in [2.05, 4.69) is 16.7 Å². The van der Waals surface area contributed by atoms with Crippen molar-refractivity contribution in [2.45, 2.75) is 6.92 Å². The molecule has 2 N–H and O–H groups in total. The van der Waals surface area contributed by atoms with E-state index < -0.39 is 0 Å². The summed E-state index contributed by atoms with van der Waals surface area (Å²) in [4.78, 5) is 17.3. The van der Waals surface area contributed by atoms with Crippen LogP contribution in [0, 0.1) is 11.8 Å². The number of carbonyl (C=O) groups is 1. The third-order valence-electron chi connectivity index (χ3n) is 4.64. The van der Waals surface area contributed by atoms with Crippen LogP contribution in [0.3, 0.4) is 0 Å². The Bertz CT molecular complexity index is 852. The third-order valence-corrected chi connectivity index (χ3v) is 5.71. The van der Waals surface area contributed by atoms with E-state index in [1.54, 1.807) is 11.3 Å². The van der Waals surface area contributed by atoms with Crippen LogP contribution in [0.25, 0.3) is 20.8 Å². The zero-order chi connectivity index (χ0) is 16.5. The first-order valence-electron chi connectivity index (χ1n) is 8.19. The number of benzene rings is 2. The Balaban J connectivity index is 1.63. The number of carbonyl (C=O) groups excluding carboxylic acids is 1. The third kappa shape index (κ3) is 2.81. The van der Waals surface area contributed by atoms with Crippen molar-refractivity contribution in [1.29, 1.82) is 0 Å². The highest BCUT2D eigenvalue weighted by atomic mass is 32.1. The molecule has 0 bridgehead atoms. The molecule has 1 atom stereocenters. The van der Waals surface area contributed by atoms with Crippen molar-refractivity contribution in [1.82, 2.24) is 10.3 Å². The number of para-hydroxylation sites is 2. The van der Waals surface area contributed by atoms with E-state index in [4.69, 9.17) is 4.98 Å². The van der Waals surface area contributed by atoms with Crippen molar-refractivity contribution < 1.29 is 4.79 Å². The van der Waals surface area contributed by atoms with Gasteiger partial charge in [-0.15, -0.1) is 11.3 Å². The molecule has 2 heterocycles. The zero-order valence-electron chi connectivity index (χ0n) is 13.5. The minimum atomic E-state index is 0.00896.